The number of hydrogen-bond donors (Lipinski definition) is 0. The fourth-order valence-electron chi connectivity index (χ4n) is 2.24. The number of carbonyl (C=O) groups is 1. The van der Waals surface area contributed by atoms with Crippen LogP contribution in [0.15, 0.2) is 24.3 Å². The zero-order chi connectivity index (χ0) is 15.0. The molecule has 0 unspecified atom stereocenters. The maximum absolute atomic E-state index is 12.4. The van der Waals surface area contributed by atoms with Crippen LogP contribution >= 0.6 is 11.3 Å². The number of benzene rings is 1. The highest BCUT2D eigenvalue weighted by molar-refractivity contribution is 7.15. The van der Waals surface area contributed by atoms with E-state index in [1.807, 2.05) is 0 Å². The average molecular weight is 313 g/mol. The highest BCUT2D eigenvalue weighted by Crippen LogP contribution is 2.38. The van der Waals surface area contributed by atoms with Crippen molar-refractivity contribution in [3.05, 3.63) is 34.8 Å². The van der Waals surface area contributed by atoms with Crippen LogP contribution in [0.25, 0.3) is 10.6 Å². The molecule has 2 aromatic rings. The van der Waals surface area contributed by atoms with Gasteiger partial charge in [0.2, 0.25) is 0 Å². The summed E-state index contributed by atoms with van der Waals surface area (Å²) >= 11 is 1.25. The number of thiazole rings is 1. The number of Topliss-reactive ketones (excluding diaryl/α,β-unsaturated/α-hetero) is 1. The van der Waals surface area contributed by atoms with Gasteiger partial charge in [0, 0.05) is 11.3 Å². The molecule has 1 aliphatic rings. The Kier molecular flexibility index (Phi) is 3.44. The Morgan fingerprint density at radius 2 is 1.95 bits per heavy atom. The summed E-state index contributed by atoms with van der Waals surface area (Å²) in [5.41, 5.74) is 0.644. The number of alkyl halides is 3. The number of ketones is 1. The maximum Gasteiger partial charge on any atom is 0.573 e. The van der Waals surface area contributed by atoms with E-state index >= 15 is 0 Å². The Morgan fingerprint density at radius 3 is 2.67 bits per heavy atom. The van der Waals surface area contributed by atoms with Gasteiger partial charge in [-0.1, -0.05) is 12.1 Å². The van der Waals surface area contributed by atoms with E-state index in [9.17, 15) is 18.0 Å². The standard InChI is InChI=1S/C14H10F3NO2S/c15-14(16,17)20-10-6-2-1-4-8(10)13-18-12-9(19)5-3-7-11(12)21-13/h1-2,4,6H,3,5,7H2. The van der Waals surface area contributed by atoms with Gasteiger partial charge >= 0.3 is 6.36 Å². The van der Waals surface area contributed by atoms with Gasteiger partial charge < -0.3 is 4.74 Å². The van der Waals surface area contributed by atoms with E-state index in [4.69, 9.17) is 0 Å². The minimum Gasteiger partial charge on any atom is -0.405 e. The molecule has 0 spiro atoms. The monoisotopic (exact) mass is 313 g/mol. The molecule has 110 valence electrons. The van der Waals surface area contributed by atoms with Crippen LogP contribution < -0.4 is 4.74 Å². The number of ether oxygens (including phenoxy) is 1. The zero-order valence-corrected chi connectivity index (χ0v) is 11.6. The topological polar surface area (TPSA) is 39.2 Å². The summed E-state index contributed by atoms with van der Waals surface area (Å²) in [6.07, 6.45) is -2.82. The quantitative estimate of drug-likeness (QED) is 0.833. The third-order valence-electron chi connectivity index (χ3n) is 3.11. The number of hydrogen-bond acceptors (Lipinski definition) is 4. The molecule has 21 heavy (non-hydrogen) atoms. The second-order valence-electron chi connectivity index (χ2n) is 4.61. The van der Waals surface area contributed by atoms with Crippen molar-refractivity contribution in [3.63, 3.8) is 0 Å². The van der Waals surface area contributed by atoms with E-state index in [0.29, 0.717) is 17.1 Å². The average Bonchev–Trinajstić information content (AvgIpc) is 2.83. The number of aryl methyl sites for hydroxylation is 1. The Bertz CT molecular complexity index is 694. The van der Waals surface area contributed by atoms with Crippen molar-refractivity contribution in [1.82, 2.24) is 4.98 Å². The maximum atomic E-state index is 12.4. The van der Waals surface area contributed by atoms with Crippen molar-refractivity contribution in [2.24, 2.45) is 0 Å². The predicted molar refractivity (Wildman–Crippen MR) is 71.5 cm³/mol. The lowest BCUT2D eigenvalue weighted by atomic mass is 10.0. The Balaban J connectivity index is 2.03. The molecule has 3 rings (SSSR count). The Morgan fingerprint density at radius 1 is 1.19 bits per heavy atom. The number of rotatable bonds is 2. The zero-order valence-electron chi connectivity index (χ0n) is 10.7. The molecule has 1 aromatic carbocycles. The van der Waals surface area contributed by atoms with Gasteiger partial charge in [-0.25, -0.2) is 4.98 Å². The molecule has 0 N–H and O–H groups in total. The van der Waals surface area contributed by atoms with Crippen molar-refractivity contribution in [2.75, 3.05) is 0 Å². The van der Waals surface area contributed by atoms with Crippen molar-refractivity contribution in [3.8, 4) is 16.3 Å². The number of fused-ring (bicyclic) bond motifs is 1. The molecule has 0 fully saturated rings. The number of halogens is 3. The lowest BCUT2D eigenvalue weighted by molar-refractivity contribution is -0.274. The molecule has 0 bridgehead atoms. The summed E-state index contributed by atoms with van der Waals surface area (Å²) in [6.45, 7) is 0. The first-order chi connectivity index (χ1) is 9.94. The smallest absolute Gasteiger partial charge is 0.405 e. The molecule has 0 aliphatic heterocycles. The molecule has 0 saturated carbocycles. The van der Waals surface area contributed by atoms with Crippen LogP contribution in [-0.4, -0.2) is 17.1 Å². The predicted octanol–water partition coefficient (Wildman–Crippen LogP) is 4.23. The third-order valence-corrected chi connectivity index (χ3v) is 4.26. The fourth-order valence-corrected chi connectivity index (χ4v) is 3.39. The van der Waals surface area contributed by atoms with Gasteiger partial charge in [0.05, 0.1) is 5.56 Å². The van der Waals surface area contributed by atoms with Gasteiger partial charge in [0.1, 0.15) is 16.5 Å². The van der Waals surface area contributed by atoms with Gasteiger partial charge in [0.25, 0.3) is 0 Å². The van der Waals surface area contributed by atoms with Gasteiger partial charge in [-0.05, 0) is 25.0 Å². The van der Waals surface area contributed by atoms with Crippen LogP contribution in [0.2, 0.25) is 0 Å². The first kappa shape index (κ1) is 14.1. The summed E-state index contributed by atoms with van der Waals surface area (Å²) in [7, 11) is 0. The van der Waals surface area contributed by atoms with Gasteiger partial charge in [-0.3, -0.25) is 4.79 Å². The molecular weight excluding hydrogens is 303 g/mol. The summed E-state index contributed by atoms with van der Waals surface area (Å²) in [5, 5.41) is 0.384. The lowest BCUT2D eigenvalue weighted by Gasteiger charge is -2.11. The molecule has 0 saturated heterocycles. The van der Waals surface area contributed by atoms with Gasteiger partial charge in [0.15, 0.2) is 5.78 Å². The van der Waals surface area contributed by atoms with E-state index in [0.717, 1.165) is 17.7 Å². The molecule has 1 aliphatic carbocycles. The van der Waals surface area contributed by atoms with Crippen molar-refractivity contribution in [1.29, 1.82) is 0 Å². The molecular formula is C14H10F3NO2S. The second-order valence-corrected chi connectivity index (χ2v) is 5.70. The van der Waals surface area contributed by atoms with Gasteiger partial charge in [-0.2, -0.15) is 0 Å². The van der Waals surface area contributed by atoms with Crippen LogP contribution in [0, 0.1) is 0 Å². The molecule has 0 amide bonds. The highest BCUT2D eigenvalue weighted by atomic mass is 32.1. The summed E-state index contributed by atoms with van der Waals surface area (Å²) in [5.74, 6) is -0.350. The first-order valence-corrected chi connectivity index (χ1v) is 7.14. The van der Waals surface area contributed by atoms with Crippen LogP contribution in [0.3, 0.4) is 0 Å². The molecule has 0 atom stereocenters. The number of nitrogens with zero attached hydrogens (tertiary/aromatic N) is 1. The molecule has 7 heteroatoms. The summed E-state index contributed by atoms with van der Waals surface area (Å²) in [6, 6.07) is 5.82. The number of para-hydroxylation sites is 1. The SMILES string of the molecule is O=C1CCCc2sc(-c3ccccc3OC(F)(F)F)nc21. The lowest BCUT2D eigenvalue weighted by Crippen LogP contribution is -2.17. The van der Waals surface area contributed by atoms with E-state index in [2.05, 4.69) is 9.72 Å². The second kappa shape index (κ2) is 5.14. The minimum absolute atomic E-state index is 0.0482. The van der Waals surface area contributed by atoms with Crippen LogP contribution in [0.4, 0.5) is 13.2 Å². The third kappa shape index (κ3) is 2.92. The van der Waals surface area contributed by atoms with Crippen LogP contribution in [-0.2, 0) is 6.42 Å². The van der Waals surface area contributed by atoms with Crippen molar-refractivity contribution >= 4 is 17.1 Å². The minimum atomic E-state index is -4.76. The molecule has 0 radical (unpaired) electrons. The largest absolute Gasteiger partial charge is 0.573 e. The van der Waals surface area contributed by atoms with Crippen molar-refractivity contribution in [2.45, 2.75) is 25.6 Å². The van der Waals surface area contributed by atoms with E-state index in [1.165, 1.54) is 29.5 Å². The van der Waals surface area contributed by atoms with E-state index < -0.39 is 6.36 Å². The van der Waals surface area contributed by atoms with Crippen molar-refractivity contribution < 1.29 is 22.7 Å². The van der Waals surface area contributed by atoms with Gasteiger partial charge in [-0.15, -0.1) is 24.5 Å². The van der Waals surface area contributed by atoms with E-state index in [1.54, 1.807) is 6.07 Å². The summed E-state index contributed by atoms with van der Waals surface area (Å²) < 4.78 is 41.3. The molecule has 1 heterocycles. The highest BCUT2D eigenvalue weighted by Gasteiger charge is 2.33. The summed E-state index contributed by atoms with van der Waals surface area (Å²) in [4.78, 5) is 16.8. The number of aromatic nitrogens is 1. The van der Waals surface area contributed by atoms with Crippen LogP contribution in [0.5, 0.6) is 5.75 Å². The first-order valence-electron chi connectivity index (χ1n) is 6.32. The molecule has 1 aromatic heterocycles. The number of carbonyl (C=O) groups excluding carboxylic acids is 1. The molecule has 3 nitrogen and oxygen atoms in total. The Hall–Kier alpha value is -1.89. The fraction of sp³-hybridized carbons (Fsp3) is 0.286. The normalized spacial score (nSPS) is 14.9. The van der Waals surface area contributed by atoms with Crippen LogP contribution in [0.1, 0.15) is 28.2 Å². The Labute approximate surface area is 122 Å². The van der Waals surface area contributed by atoms with E-state index in [-0.39, 0.29) is 17.1 Å².